The van der Waals surface area contributed by atoms with Gasteiger partial charge in [-0.2, -0.15) is 0 Å². The molecule has 1 aromatic heterocycles. The van der Waals surface area contributed by atoms with E-state index in [0.29, 0.717) is 25.0 Å². The van der Waals surface area contributed by atoms with Crippen LogP contribution in [-0.2, 0) is 4.79 Å². The van der Waals surface area contributed by atoms with E-state index in [4.69, 9.17) is 12.2 Å². The van der Waals surface area contributed by atoms with Crippen molar-refractivity contribution in [3.05, 3.63) is 72.4 Å². The molecule has 0 fully saturated rings. The highest BCUT2D eigenvalue weighted by atomic mass is 79.9. The van der Waals surface area contributed by atoms with E-state index in [2.05, 4.69) is 20.9 Å². The Morgan fingerprint density at radius 1 is 1.17 bits per heavy atom. The Labute approximate surface area is 154 Å². The predicted octanol–water partition coefficient (Wildman–Crippen LogP) is 3.10. The molecule has 2 aromatic carbocycles. The lowest BCUT2D eigenvalue weighted by Gasteiger charge is -2.04. The maximum Gasteiger partial charge on any atom is 0.279 e. The lowest BCUT2D eigenvalue weighted by molar-refractivity contribution is -0.112. The first kappa shape index (κ1) is 15.4. The van der Waals surface area contributed by atoms with Crippen LogP contribution in [0.3, 0.4) is 0 Å². The average Bonchev–Trinajstić information content (AvgIpc) is 3.03. The summed E-state index contributed by atoms with van der Waals surface area (Å²) in [5.41, 5.74) is 1.13. The van der Waals surface area contributed by atoms with Crippen LogP contribution < -0.4 is 10.6 Å². The smallest absolute Gasteiger partial charge is 0.279 e. The summed E-state index contributed by atoms with van der Waals surface area (Å²) in [6.45, 7) is 0. The first-order chi connectivity index (χ1) is 11.6. The maximum absolute atomic E-state index is 12.4. The number of aromatic nitrogens is 1. The van der Waals surface area contributed by atoms with E-state index in [1.54, 1.807) is 10.6 Å². The number of fused-ring (bicyclic) bond motifs is 1. The third kappa shape index (κ3) is 2.36. The van der Waals surface area contributed by atoms with Crippen molar-refractivity contribution in [2.45, 2.75) is 0 Å². The molecule has 1 aliphatic heterocycles. The number of halogens is 1. The molecule has 7 heteroatoms. The van der Waals surface area contributed by atoms with Crippen molar-refractivity contribution in [2.75, 3.05) is 0 Å². The van der Waals surface area contributed by atoms with Crippen LogP contribution in [0.5, 0.6) is 5.88 Å². The molecular formula is C17H9BrN2O2S2. The van der Waals surface area contributed by atoms with Gasteiger partial charge < -0.3 is 5.11 Å². The van der Waals surface area contributed by atoms with Crippen molar-refractivity contribution < 1.29 is 9.90 Å². The zero-order valence-corrected chi connectivity index (χ0v) is 15.3. The molecule has 0 atom stereocenters. The molecule has 4 rings (SSSR count). The maximum atomic E-state index is 12.4. The summed E-state index contributed by atoms with van der Waals surface area (Å²) in [5, 5.41) is 12.0. The van der Waals surface area contributed by atoms with Gasteiger partial charge in [0.15, 0.2) is 3.95 Å². The number of benzene rings is 2. The molecule has 0 bridgehead atoms. The minimum absolute atomic E-state index is 0.0393. The van der Waals surface area contributed by atoms with Crippen LogP contribution >= 0.6 is 39.5 Å². The van der Waals surface area contributed by atoms with Crippen LogP contribution in [0.25, 0.3) is 11.3 Å². The molecule has 0 saturated heterocycles. The second-order valence-corrected chi connectivity index (χ2v) is 7.70. The van der Waals surface area contributed by atoms with Crippen molar-refractivity contribution in [3.8, 4) is 11.6 Å². The van der Waals surface area contributed by atoms with Gasteiger partial charge in [-0.25, -0.2) is 4.99 Å². The van der Waals surface area contributed by atoms with E-state index in [-0.39, 0.29) is 11.8 Å². The SMILES string of the molecule is O=C1N=c2ccc(Br)cc2=C1c1sc(=S)n(-c2ccccc2)c1O. The van der Waals surface area contributed by atoms with Gasteiger partial charge in [0.25, 0.3) is 5.91 Å². The Morgan fingerprint density at radius 3 is 2.67 bits per heavy atom. The van der Waals surface area contributed by atoms with Gasteiger partial charge in [0.1, 0.15) is 4.88 Å². The number of carbonyl (C=O) groups is 1. The fraction of sp³-hybridized carbons (Fsp3) is 0. The highest BCUT2D eigenvalue weighted by Crippen LogP contribution is 2.34. The summed E-state index contributed by atoms with van der Waals surface area (Å²) in [7, 11) is 0. The Kier molecular flexibility index (Phi) is 3.71. The van der Waals surface area contributed by atoms with Crippen molar-refractivity contribution in [3.63, 3.8) is 0 Å². The van der Waals surface area contributed by atoms with Crippen LogP contribution in [0.4, 0.5) is 0 Å². The predicted molar refractivity (Wildman–Crippen MR) is 98.6 cm³/mol. The zero-order chi connectivity index (χ0) is 16.8. The van der Waals surface area contributed by atoms with E-state index in [9.17, 15) is 9.90 Å². The molecule has 4 nitrogen and oxygen atoms in total. The normalized spacial score (nSPS) is 13.0. The molecule has 0 spiro atoms. The molecule has 118 valence electrons. The number of para-hydroxylation sites is 1. The second kappa shape index (κ2) is 5.77. The number of hydrogen-bond donors (Lipinski definition) is 1. The summed E-state index contributed by atoms with van der Waals surface area (Å²) in [6.07, 6.45) is 0. The van der Waals surface area contributed by atoms with Crippen molar-refractivity contribution >= 4 is 51.0 Å². The van der Waals surface area contributed by atoms with E-state index >= 15 is 0 Å². The molecule has 0 unspecified atom stereocenters. The summed E-state index contributed by atoms with van der Waals surface area (Å²) in [4.78, 5) is 16.9. The van der Waals surface area contributed by atoms with E-state index < -0.39 is 0 Å². The highest BCUT2D eigenvalue weighted by Gasteiger charge is 2.25. The molecule has 0 saturated carbocycles. The van der Waals surface area contributed by atoms with Crippen molar-refractivity contribution in [1.29, 1.82) is 0 Å². The van der Waals surface area contributed by atoms with Crippen LogP contribution in [0.15, 0.2) is 58.0 Å². The van der Waals surface area contributed by atoms with E-state index in [1.807, 2.05) is 42.5 Å². The van der Waals surface area contributed by atoms with Gasteiger partial charge in [0.2, 0.25) is 5.88 Å². The number of nitrogens with zero attached hydrogens (tertiary/aromatic N) is 2. The number of carbonyl (C=O) groups excluding carboxylic acids is 1. The molecule has 3 aromatic rings. The van der Waals surface area contributed by atoms with Crippen LogP contribution in [-0.4, -0.2) is 15.6 Å². The molecule has 0 aliphatic carbocycles. The number of rotatable bonds is 2. The molecule has 2 heterocycles. The lowest BCUT2D eigenvalue weighted by atomic mass is 10.1. The van der Waals surface area contributed by atoms with Gasteiger partial charge >= 0.3 is 0 Å². The van der Waals surface area contributed by atoms with Crippen molar-refractivity contribution in [1.82, 2.24) is 4.57 Å². The number of amides is 1. The highest BCUT2D eigenvalue weighted by molar-refractivity contribution is 9.10. The molecular weight excluding hydrogens is 408 g/mol. The fourth-order valence-electron chi connectivity index (χ4n) is 2.64. The van der Waals surface area contributed by atoms with Gasteiger partial charge in [-0.05, 0) is 42.5 Å². The van der Waals surface area contributed by atoms with Gasteiger partial charge in [-0.15, -0.1) is 11.3 Å². The van der Waals surface area contributed by atoms with Gasteiger partial charge in [0.05, 0.1) is 16.6 Å². The summed E-state index contributed by atoms with van der Waals surface area (Å²) in [5.74, 6) is -0.405. The second-order valence-electron chi connectivity index (χ2n) is 5.15. The van der Waals surface area contributed by atoms with Gasteiger partial charge in [-0.1, -0.05) is 34.1 Å². The largest absolute Gasteiger partial charge is 0.493 e. The quantitative estimate of drug-likeness (QED) is 0.653. The standard InChI is InChI=1S/C17H9BrN2O2S2/c18-9-6-7-12-11(8-9)13(15(21)19-12)14-16(22)20(17(23)24-14)10-4-2-1-3-5-10/h1-8,22H. The van der Waals surface area contributed by atoms with Gasteiger partial charge in [-0.3, -0.25) is 9.36 Å². The first-order valence-corrected chi connectivity index (χ1v) is 9.01. The monoisotopic (exact) mass is 416 g/mol. The molecule has 1 aliphatic rings. The number of hydrogen-bond acceptors (Lipinski definition) is 4. The van der Waals surface area contributed by atoms with Crippen LogP contribution in [0.1, 0.15) is 4.88 Å². The molecule has 0 radical (unpaired) electrons. The zero-order valence-electron chi connectivity index (χ0n) is 12.1. The van der Waals surface area contributed by atoms with Crippen LogP contribution in [0, 0.1) is 3.95 Å². The first-order valence-electron chi connectivity index (χ1n) is 7.00. The fourth-order valence-corrected chi connectivity index (χ4v) is 4.38. The van der Waals surface area contributed by atoms with Crippen molar-refractivity contribution in [2.24, 2.45) is 4.99 Å². The Hall–Kier alpha value is -2.09. The minimum Gasteiger partial charge on any atom is -0.493 e. The van der Waals surface area contributed by atoms with Crippen LogP contribution in [0.2, 0.25) is 0 Å². The topological polar surface area (TPSA) is 54.6 Å². The Balaban J connectivity index is 2.04. The van der Waals surface area contributed by atoms with E-state index in [1.165, 1.54) is 11.3 Å². The summed E-state index contributed by atoms with van der Waals surface area (Å²) >= 11 is 10.0. The summed E-state index contributed by atoms with van der Waals surface area (Å²) < 4.78 is 2.87. The number of thiazole rings is 1. The summed E-state index contributed by atoms with van der Waals surface area (Å²) in [6, 6.07) is 14.7. The number of aromatic hydroxyl groups is 1. The lowest BCUT2D eigenvalue weighted by Crippen LogP contribution is -2.22. The molecule has 24 heavy (non-hydrogen) atoms. The minimum atomic E-state index is -0.366. The Morgan fingerprint density at radius 2 is 1.92 bits per heavy atom. The van der Waals surface area contributed by atoms with E-state index in [0.717, 1.165) is 10.2 Å². The molecule has 1 N–H and O–H groups in total. The Bertz CT molecular complexity index is 1160. The molecule has 1 amide bonds. The third-order valence-corrected chi connectivity index (χ3v) is 5.57. The third-order valence-electron chi connectivity index (χ3n) is 3.69. The average molecular weight is 417 g/mol. The van der Waals surface area contributed by atoms with Gasteiger partial charge in [0, 0.05) is 9.69 Å².